The van der Waals surface area contributed by atoms with Crippen LogP contribution in [0.15, 0.2) is 29.3 Å². The SMILES string of the molecule is CN=C(NCc1cccc(OCC(C)C)c1)NCC1(C)CCCO1. The van der Waals surface area contributed by atoms with Crippen molar-refractivity contribution in [2.24, 2.45) is 10.9 Å². The molecule has 5 nitrogen and oxygen atoms in total. The summed E-state index contributed by atoms with van der Waals surface area (Å²) in [6.07, 6.45) is 2.22. The zero-order valence-electron chi connectivity index (χ0n) is 15.4. The molecule has 0 radical (unpaired) electrons. The number of ether oxygens (including phenoxy) is 2. The van der Waals surface area contributed by atoms with Crippen LogP contribution in [0.3, 0.4) is 0 Å². The van der Waals surface area contributed by atoms with Gasteiger partial charge < -0.3 is 20.1 Å². The summed E-state index contributed by atoms with van der Waals surface area (Å²) in [6, 6.07) is 8.18. The second kappa shape index (κ2) is 8.92. The minimum absolute atomic E-state index is 0.0811. The second-order valence-electron chi connectivity index (χ2n) is 7.03. The molecule has 2 rings (SSSR count). The Morgan fingerprint density at radius 3 is 2.88 bits per heavy atom. The van der Waals surface area contributed by atoms with E-state index in [1.54, 1.807) is 7.05 Å². The van der Waals surface area contributed by atoms with Crippen molar-refractivity contribution in [2.45, 2.75) is 45.8 Å². The first-order valence-corrected chi connectivity index (χ1v) is 8.81. The lowest BCUT2D eigenvalue weighted by Gasteiger charge is -2.24. The first-order valence-electron chi connectivity index (χ1n) is 8.81. The number of nitrogens with one attached hydrogen (secondary N) is 2. The smallest absolute Gasteiger partial charge is 0.191 e. The van der Waals surface area contributed by atoms with Crippen molar-refractivity contribution in [3.05, 3.63) is 29.8 Å². The highest BCUT2D eigenvalue weighted by molar-refractivity contribution is 5.79. The van der Waals surface area contributed by atoms with E-state index in [2.05, 4.69) is 48.5 Å². The molecule has 0 aliphatic carbocycles. The van der Waals surface area contributed by atoms with Gasteiger partial charge in [-0.25, -0.2) is 0 Å². The van der Waals surface area contributed by atoms with E-state index in [4.69, 9.17) is 9.47 Å². The molecule has 1 unspecified atom stereocenters. The van der Waals surface area contributed by atoms with Gasteiger partial charge in [-0.05, 0) is 43.4 Å². The van der Waals surface area contributed by atoms with E-state index in [9.17, 15) is 0 Å². The van der Waals surface area contributed by atoms with Gasteiger partial charge in [-0.3, -0.25) is 4.99 Å². The molecule has 2 N–H and O–H groups in total. The molecule has 134 valence electrons. The van der Waals surface area contributed by atoms with Gasteiger partial charge >= 0.3 is 0 Å². The number of rotatable bonds is 7. The Morgan fingerprint density at radius 1 is 1.38 bits per heavy atom. The number of guanidine groups is 1. The Bertz CT molecular complexity index is 537. The zero-order chi connectivity index (χ0) is 17.4. The van der Waals surface area contributed by atoms with Crippen LogP contribution in [0.4, 0.5) is 0 Å². The van der Waals surface area contributed by atoms with Gasteiger partial charge in [0.05, 0.1) is 12.2 Å². The van der Waals surface area contributed by atoms with Crippen molar-refractivity contribution in [1.29, 1.82) is 0 Å². The summed E-state index contributed by atoms with van der Waals surface area (Å²) < 4.78 is 11.6. The fourth-order valence-corrected chi connectivity index (χ4v) is 2.66. The fraction of sp³-hybridized carbons (Fsp3) is 0.632. The molecule has 0 aromatic heterocycles. The summed E-state index contributed by atoms with van der Waals surface area (Å²) in [4.78, 5) is 4.28. The van der Waals surface area contributed by atoms with E-state index in [0.717, 1.165) is 44.3 Å². The molecule has 0 spiro atoms. The van der Waals surface area contributed by atoms with Crippen molar-refractivity contribution in [3.63, 3.8) is 0 Å². The molecule has 1 atom stereocenters. The molecule has 1 heterocycles. The second-order valence-corrected chi connectivity index (χ2v) is 7.03. The molecule has 24 heavy (non-hydrogen) atoms. The van der Waals surface area contributed by atoms with Crippen molar-refractivity contribution < 1.29 is 9.47 Å². The molecule has 0 amide bonds. The quantitative estimate of drug-likeness (QED) is 0.595. The standard InChI is InChI=1S/C19H31N3O2/c1-15(2)13-23-17-8-5-7-16(11-17)12-21-18(20-4)22-14-19(3)9-6-10-24-19/h5,7-8,11,15H,6,9-10,12-14H2,1-4H3,(H2,20,21,22). The average molecular weight is 333 g/mol. The lowest BCUT2D eigenvalue weighted by atomic mass is 10.0. The van der Waals surface area contributed by atoms with Crippen LogP contribution in [-0.4, -0.2) is 38.4 Å². The largest absolute Gasteiger partial charge is 0.493 e. The summed E-state index contributed by atoms with van der Waals surface area (Å²) >= 11 is 0. The average Bonchev–Trinajstić information content (AvgIpc) is 3.00. The lowest BCUT2D eigenvalue weighted by molar-refractivity contribution is 0.0243. The molecule has 1 aromatic rings. The van der Waals surface area contributed by atoms with Gasteiger partial charge in [-0.2, -0.15) is 0 Å². The molecule has 5 heteroatoms. The topological polar surface area (TPSA) is 54.9 Å². The van der Waals surface area contributed by atoms with Crippen molar-refractivity contribution in [3.8, 4) is 5.75 Å². The Labute approximate surface area is 145 Å². The number of benzene rings is 1. The maximum atomic E-state index is 5.80. The van der Waals surface area contributed by atoms with E-state index >= 15 is 0 Å². The summed E-state index contributed by atoms with van der Waals surface area (Å²) in [5, 5.41) is 6.71. The monoisotopic (exact) mass is 333 g/mol. The summed E-state index contributed by atoms with van der Waals surface area (Å²) in [5.74, 6) is 2.23. The van der Waals surface area contributed by atoms with Gasteiger partial charge in [0.2, 0.25) is 0 Å². The van der Waals surface area contributed by atoms with Gasteiger partial charge in [0.1, 0.15) is 5.75 Å². The molecule has 1 aliphatic heterocycles. The maximum Gasteiger partial charge on any atom is 0.191 e. The van der Waals surface area contributed by atoms with E-state index in [-0.39, 0.29) is 5.60 Å². The molecule has 1 saturated heterocycles. The van der Waals surface area contributed by atoms with Crippen molar-refractivity contribution >= 4 is 5.96 Å². The fourth-order valence-electron chi connectivity index (χ4n) is 2.66. The Hall–Kier alpha value is -1.75. The molecule has 0 bridgehead atoms. The lowest BCUT2D eigenvalue weighted by Crippen LogP contribution is -2.45. The van der Waals surface area contributed by atoms with Gasteiger partial charge in [0.25, 0.3) is 0 Å². The molecule has 1 aliphatic rings. The van der Waals surface area contributed by atoms with Crippen LogP contribution in [0.25, 0.3) is 0 Å². The van der Waals surface area contributed by atoms with Crippen molar-refractivity contribution in [2.75, 3.05) is 26.8 Å². The Balaban J connectivity index is 1.81. The summed E-state index contributed by atoms with van der Waals surface area (Å²) in [6.45, 7) is 9.51. The highest BCUT2D eigenvalue weighted by Crippen LogP contribution is 2.23. The Kier molecular flexibility index (Phi) is 6.91. The number of nitrogens with zero attached hydrogens (tertiary/aromatic N) is 1. The van der Waals surface area contributed by atoms with Crippen LogP contribution < -0.4 is 15.4 Å². The van der Waals surface area contributed by atoms with Crippen LogP contribution in [0.2, 0.25) is 0 Å². The third-order valence-electron chi connectivity index (χ3n) is 4.10. The van der Waals surface area contributed by atoms with Gasteiger partial charge in [0, 0.05) is 26.7 Å². The molecular weight excluding hydrogens is 302 g/mol. The summed E-state index contributed by atoms with van der Waals surface area (Å²) in [7, 11) is 1.79. The normalized spacial score (nSPS) is 21.1. The van der Waals surface area contributed by atoms with Crippen LogP contribution in [0.1, 0.15) is 39.2 Å². The van der Waals surface area contributed by atoms with Crippen LogP contribution in [0.5, 0.6) is 5.75 Å². The van der Waals surface area contributed by atoms with Gasteiger partial charge in [-0.15, -0.1) is 0 Å². The predicted octanol–water partition coefficient (Wildman–Crippen LogP) is 2.96. The first kappa shape index (κ1) is 18.6. The summed E-state index contributed by atoms with van der Waals surface area (Å²) in [5.41, 5.74) is 1.09. The Morgan fingerprint density at radius 2 is 2.21 bits per heavy atom. The third kappa shape index (κ3) is 6.04. The van der Waals surface area contributed by atoms with Gasteiger partial charge in [-0.1, -0.05) is 26.0 Å². The van der Waals surface area contributed by atoms with E-state index in [1.807, 2.05) is 12.1 Å². The first-order chi connectivity index (χ1) is 11.5. The number of hydrogen-bond acceptors (Lipinski definition) is 3. The third-order valence-corrected chi connectivity index (χ3v) is 4.10. The maximum absolute atomic E-state index is 5.80. The van der Waals surface area contributed by atoms with Crippen LogP contribution >= 0.6 is 0 Å². The van der Waals surface area contributed by atoms with E-state index in [1.165, 1.54) is 5.56 Å². The van der Waals surface area contributed by atoms with Crippen LogP contribution in [-0.2, 0) is 11.3 Å². The number of hydrogen-bond donors (Lipinski definition) is 2. The van der Waals surface area contributed by atoms with E-state index in [0.29, 0.717) is 12.5 Å². The predicted molar refractivity (Wildman–Crippen MR) is 98.6 cm³/mol. The minimum atomic E-state index is -0.0811. The van der Waals surface area contributed by atoms with E-state index < -0.39 is 0 Å². The molecule has 1 fully saturated rings. The molecular formula is C19H31N3O2. The number of aliphatic imine (C=N–C) groups is 1. The highest BCUT2D eigenvalue weighted by Gasteiger charge is 2.29. The minimum Gasteiger partial charge on any atom is -0.493 e. The molecule has 1 aromatic carbocycles. The molecule has 0 saturated carbocycles. The van der Waals surface area contributed by atoms with Crippen molar-refractivity contribution in [1.82, 2.24) is 10.6 Å². The van der Waals surface area contributed by atoms with Crippen LogP contribution in [0, 0.1) is 5.92 Å². The zero-order valence-corrected chi connectivity index (χ0v) is 15.4. The highest BCUT2D eigenvalue weighted by atomic mass is 16.5. The van der Waals surface area contributed by atoms with Gasteiger partial charge in [0.15, 0.2) is 5.96 Å².